The van der Waals surface area contributed by atoms with Gasteiger partial charge in [-0.3, -0.25) is 0 Å². The van der Waals surface area contributed by atoms with Gasteiger partial charge in [-0.1, -0.05) is 12.1 Å². The molecule has 18 heavy (non-hydrogen) atoms. The first kappa shape index (κ1) is 11.3. The average Bonchev–Trinajstić information content (AvgIpc) is 2.97. The van der Waals surface area contributed by atoms with Crippen molar-refractivity contribution in [3.63, 3.8) is 0 Å². The molecule has 6 nitrogen and oxygen atoms in total. The van der Waals surface area contributed by atoms with Crippen LogP contribution in [-0.2, 0) is 0 Å². The first-order valence-corrected chi connectivity index (χ1v) is 6.11. The zero-order chi connectivity index (χ0) is 12.5. The molecule has 0 saturated carbocycles. The van der Waals surface area contributed by atoms with E-state index in [4.69, 9.17) is 4.52 Å². The summed E-state index contributed by atoms with van der Waals surface area (Å²) in [5.41, 5.74) is 0.697. The maximum Gasteiger partial charge on any atom is 0.244 e. The van der Waals surface area contributed by atoms with Crippen LogP contribution in [0.4, 0.5) is 0 Å². The monoisotopic (exact) mass is 245 g/mol. The van der Waals surface area contributed by atoms with E-state index in [1.807, 2.05) is 6.92 Å². The second-order valence-corrected chi connectivity index (χ2v) is 4.64. The smallest absolute Gasteiger partial charge is 0.244 e. The van der Waals surface area contributed by atoms with Gasteiger partial charge in [-0.2, -0.15) is 4.98 Å². The molecule has 2 atom stereocenters. The van der Waals surface area contributed by atoms with Gasteiger partial charge >= 0.3 is 0 Å². The molecule has 3 rings (SSSR count). The number of nitrogens with zero attached hydrogens (tertiary/aromatic N) is 4. The lowest BCUT2D eigenvalue weighted by Crippen LogP contribution is -2.16. The number of aryl methyl sites for hydroxylation is 1. The van der Waals surface area contributed by atoms with Gasteiger partial charge in [0.1, 0.15) is 11.5 Å². The van der Waals surface area contributed by atoms with E-state index in [-0.39, 0.29) is 6.04 Å². The topological polar surface area (TPSA) is 76.7 Å². The number of hydrogen-bond donors (Lipinski definition) is 1. The number of aromatic nitrogens is 4. The minimum absolute atomic E-state index is 0.161. The highest BCUT2D eigenvalue weighted by atomic mass is 16.5. The summed E-state index contributed by atoms with van der Waals surface area (Å²) < 4.78 is 5.33. The van der Waals surface area contributed by atoms with Crippen LogP contribution in [0.15, 0.2) is 16.8 Å². The summed E-state index contributed by atoms with van der Waals surface area (Å²) in [6, 6.07) is 1.95. The summed E-state index contributed by atoms with van der Waals surface area (Å²) in [5, 5.41) is 7.36. The molecule has 0 spiro atoms. The van der Waals surface area contributed by atoms with Crippen LogP contribution in [0.2, 0.25) is 0 Å². The molecule has 2 aromatic heterocycles. The van der Waals surface area contributed by atoms with Crippen molar-refractivity contribution in [2.45, 2.75) is 26.3 Å². The summed E-state index contributed by atoms with van der Waals surface area (Å²) in [6.07, 6.45) is 2.83. The molecular formula is C12H15N5O. The fraction of sp³-hybridized carbons (Fsp3) is 0.500. The first-order valence-electron chi connectivity index (χ1n) is 6.11. The van der Waals surface area contributed by atoms with Gasteiger partial charge < -0.3 is 9.84 Å². The fourth-order valence-corrected chi connectivity index (χ4v) is 2.21. The molecule has 1 aliphatic rings. The summed E-state index contributed by atoms with van der Waals surface area (Å²) in [5.74, 6) is 2.39. The van der Waals surface area contributed by atoms with E-state index in [9.17, 15) is 0 Å². The number of rotatable bonds is 2. The van der Waals surface area contributed by atoms with Crippen LogP contribution in [0, 0.1) is 12.8 Å². The largest absolute Gasteiger partial charge is 0.337 e. The maximum absolute atomic E-state index is 5.33. The minimum Gasteiger partial charge on any atom is -0.337 e. The maximum atomic E-state index is 5.33. The quantitative estimate of drug-likeness (QED) is 0.864. The van der Waals surface area contributed by atoms with Gasteiger partial charge in [-0.05, 0) is 31.9 Å². The Morgan fingerprint density at radius 3 is 3.00 bits per heavy atom. The Labute approximate surface area is 105 Å². The van der Waals surface area contributed by atoms with Crippen molar-refractivity contribution in [3.05, 3.63) is 24.0 Å². The Morgan fingerprint density at radius 2 is 2.28 bits per heavy atom. The molecule has 3 heterocycles. The van der Waals surface area contributed by atoms with E-state index in [0.717, 1.165) is 13.0 Å². The van der Waals surface area contributed by atoms with Gasteiger partial charge in [0, 0.05) is 6.20 Å². The standard InChI is InChI=1S/C12H15N5O/c1-7-3-5-14-10(7)12-16-11(17-18-12)9-4-6-13-8(2)15-9/h4,6-7,10,14H,3,5H2,1-2H3. The zero-order valence-corrected chi connectivity index (χ0v) is 10.4. The van der Waals surface area contributed by atoms with Crippen molar-refractivity contribution in [1.29, 1.82) is 0 Å². The van der Waals surface area contributed by atoms with Crippen LogP contribution in [0.1, 0.15) is 31.1 Å². The SMILES string of the molecule is Cc1nccc(-c2noc(C3NCCC3C)n2)n1. The lowest BCUT2D eigenvalue weighted by molar-refractivity contribution is 0.319. The first-order chi connectivity index (χ1) is 8.74. The summed E-state index contributed by atoms with van der Waals surface area (Å²) in [6.45, 7) is 5.02. The molecule has 1 aliphatic heterocycles. The third kappa shape index (κ3) is 1.99. The van der Waals surface area contributed by atoms with Crippen LogP contribution < -0.4 is 5.32 Å². The van der Waals surface area contributed by atoms with Crippen molar-refractivity contribution in [3.8, 4) is 11.5 Å². The molecular weight excluding hydrogens is 230 g/mol. The van der Waals surface area contributed by atoms with Crippen molar-refractivity contribution in [1.82, 2.24) is 25.4 Å². The van der Waals surface area contributed by atoms with Crippen molar-refractivity contribution < 1.29 is 4.52 Å². The second-order valence-electron chi connectivity index (χ2n) is 4.64. The molecule has 94 valence electrons. The molecule has 6 heteroatoms. The number of nitrogens with one attached hydrogen (secondary N) is 1. The van der Waals surface area contributed by atoms with Gasteiger partial charge in [0.15, 0.2) is 0 Å². The van der Waals surface area contributed by atoms with Crippen LogP contribution in [0.5, 0.6) is 0 Å². The molecule has 0 radical (unpaired) electrons. The zero-order valence-electron chi connectivity index (χ0n) is 10.4. The van der Waals surface area contributed by atoms with Gasteiger partial charge in [-0.25, -0.2) is 9.97 Å². The van der Waals surface area contributed by atoms with E-state index in [2.05, 4.69) is 32.3 Å². The summed E-state index contributed by atoms with van der Waals surface area (Å²) >= 11 is 0. The molecule has 1 N–H and O–H groups in total. The van der Waals surface area contributed by atoms with Crippen LogP contribution in [0.25, 0.3) is 11.5 Å². The lowest BCUT2D eigenvalue weighted by Gasteiger charge is -2.09. The fourth-order valence-electron chi connectivity index (χ4n) is 2.21. The second kappa shape index (κ2) is 4.45. The molecule has 0 aromatic carbocycles. The molecule has 0 bridgehead atoms. The van der Waals surface area contributed by atoms with Crippen molar-refractivity contribution in [2.75, 3.05) is 6.54 Å². The number of hydrogen-bond acceptors (Lipinski definition) is 6. The molecule has 0 aliphatic carbocycles. The predicted molar refractivity (Wildman–Crippen MR) is 64.6 cm³/mol. The Bertz CT molecular complexity index is 553. The Hall–Kier alpha value is -1.82. The summed E-state index contributed by atoms with van der Waals surface area (Å²) in [4.78, 5) is 12.8. The minimum atomic E-state index is 0.161. The Balaban J connectivity index is 1.89. The van der Waals surface area contributed by atoms with Crippen LogP contribution in [-0.4, -0.2) is 26.7 Å². The van der Waals surface area contributed by atoms with Crippen molar-refractivity contribution >= 4 is 0 Å². The Kier molecular flexibility index (Phi) is 2.79. The van der Waals surface area contributed by atoms with E-state index in [1.165, 1.54) is 0 Å². The van der Waals surface area contributed by atoms with E-state index < -0.39 is 0 Å². The van der Waals surface area contributed by atoms with Crippen molar-refractivity contribution in [2.24, 2.45) is 5.92 Å². The molecule has 2 aromatic rings. The Morgan fingerprint density at radius 1 is 1.39 bits per heavy atom. The van der Waals surface area contributed by atoms with Crippen LogP contribution in [0.3, 0.4) is 0 Å². The van der Waals surface area contributed by atoms with Crippen LogP contribution >= 0.6 is 0 Å². The van der Waals surface area contributed by atoms with E-state index >= 15 is 0 Å². The van der Waals surface area contributed by atoms with Gasteiger partial charge in [0.05, 0.1) is 6.04 Å². The van der Waals surface area contributed by atoms with Gasteiger partial charge in [0.25, 0.3) is 0 Å². The molecule has 1 fully saturated rings. The average molecular weight is 245 g/mol. The highest BCUT2D eigenvalue weighted by Crippen LogP contribution is 2.28. The third-order valence-electron chi connectivity index (χ3n) is 3.25. The third-order valence-corrected chi connectivity index (χ3v) is 3.25. The molecule has 1 saturated heterocycles. The normalized spacial score (nSPS) is 23.4. The predicted octanol–water partition coefficient (Wildman–Crippen LogP) is 1.51. The van der Waals surface area contributed by atoms with E-state index in [0.29, 0.717) is 29.2 Å². The molecule has 0 amide bonds. The molecule has 2 unspecified atom stereocenters. The highest BCUT2D eigenvalue weighted by molar-refractivity contribution is 5.47. The van der Waals surface area contributed by atoms with E-state index in [1.54, 1.807) is 12.3 Å². The van der Waals surface area contributed by atoms with Gasteiger partial charge in [0.2, 0.25) is 11.7 Å². The lowest BCUT2D eigenvalue weighted by atomic mass is 10.0. The van der Waals surface area contributed by atoms with Gasteiger partial charge in [-0.15, -0.1) is 0 Å². The summed E-state index contributed by atoms with van der Waals surface area (Å²) in [7, 11) is 0. The highest BCUT2D eigenvalue weighted by Gasteiger charge is 2.29.